The van der Waals surface area contributed by atoms with Crippen molar-refractivity contribution in [2.45, 2.75) is 6.04 Å². The highest BCUT2D eigenvalue weighted by molar-refractivity contribution is 9.10. The van der Waals surface area contributed by atoms with Gasteiger partial charge in [-0.05, 0) is 18.2 Å². The van der Waals surface area contributed by atoms with Crippen molar-refractivity contribution in [2.75, 3.05) is 46.8 Å². The molecule has 0 aliphatic carbocycles. The van der Waals surface area contributed by atoms with E-state index in [0.29, 0.717) is 32.7 Å². The van der Waals surface area contributed by atoms with Gasteiger partial charge < -0.3 is 15.0 Å². The maximum Gasteiger partial charge on any atom is 0.325 e. The Morgan fingerprint density at radius 2 is 1.96 bits per heavy atom. The van der Waals surface area contributed by atoms with Crippen LogP contribution < -0.4 is 0 Å². The molecule has 3 rings (SSSR count). The number of likely N-dealkylation sites (N-methyl/N-ethyl adjacent to an activating group) is 1. The first kappa shape index (κ1) is 18.9. The lowest BCUT2D eigenvalue weighted by molar-refractivity contribution is -0.145. The van der Waals surface area contributed by atoms with Crippen LogP contribution in [0.25, 0.3) is 10.9 Å². The Balaban J connectivity index is 1.76. The van der Waals surface area contributed by atoms with Gasteiger partial charge in [0.15, 0.2) is 0 Å². The highest BCUT2D eigenvalue weighted by atomic mass is 79.9. The van der Waals surface area contributed by atoms with Crippen LogP contribution in [0.15, 0.2) is 28.9 Å². The van der Waals surface area contributed by atoms with E-state index in [1.807, 2.05) is 23.1 Å². The van der Waals surface area contributed by atoms with Crippen LogP contribution in [0.3, 0.4) is 0 Å². The summed E-state index contributed by atoms with van der Waals surface area (Å²) in [5.74, 6) is -0.793. The van der Waals surface area contributed by atoms with Crippen molar-refractivity contribution in [3.63, 3.8) is 0 Å². The average Bonchev–Trinajstić information content (AvgIpc) is 2.99. The third kappa shape index (κ3) is 3.92. The molecule has 0 bridgehead atoms. The number of rotatable bonds is 5. The lowest BCUT2D eigenvalue weighted by Crippen LogP contribution is -2.51. The molecule has 1 aliphatic heterocycles. The van der Waals surface area contributed by atoms with E-state index in [9.17, 15) is 14.7 Å². The number of carboxylic acid groups (broad SMARTS) is 1. The first-order valence-corrected chi connectivity index (χ1v) is 9.32. The highest BCUT2D eigenvalue weighted by Crippen LogP contribution is 2.31. The smallest absolute Gasteiger partial charge is 0.325 e. The average molecular weight is 423 g/mol. The van der Waals surface area contributed by atoms with Crippen LogP contribution in [-0.4, -0.2) is 83.5 Å². The first-order valence-electron chi connectivity index (χ1n) is 8.52. The fourth-order valence-corrected chi connectivity index (χ4v) is 3.70. The SMILES string of the molecule is CN(C)C(=O)CN1CCN(C(C(=O)O)c2c[nH]c3ccc(Br)cc23)CC1. The molecule has 0 radical (unpaired) electrons. The second-order valence-electron chi connectivity index (χ2n) is 6.77. The number of hydrogen-bond donors (Lipinski definition) is 2. The number of carbonyl (C=O) groups is 2. The van der Waals surface area contributed by atoms with Gasteiger partial charge in [-0.2, -0.15) is 0 Å². The van der Waals surface area contributed by atoms with Crippen molar-refractivity contribution in [2.24, 2.45) is 0 Å². The lowest BCUT2D eigenvalue weighted by Gasteiger charge is -2.37. The standard InChI is InChI=1S/C18H23BrN4O3/c1-21(2)16(24)11-22-5-7-23(8-6-22)17(18(25)26)14-10-20-15-4-3-12(19)9-13(14)15/h3-4,9-10,17,20H,5-8,11H2,1-2H3,(H,25,26). The Hall–Kier alpha value is -1.90. The Bertz CT molecular complexity index is 812. The third-order valence-corrected chi connectivity index (χ3v) is 5.33. The topological polar surface area (TPSA) is 79.9 Å². The molecule has 1 amide bonds. The Kier molecular flexibility index (Phi) is 5.64. The number of nitrogens with one attached hydrogen (secondary N) is 1. The summed E-state index contributed by atoms with van der Waals surface area (Å²) in [6.07, 6.45) is 1.79. The van der Waals surface area contributed by atoms with Crippen molar-refractivity contribution < 1.29 is 14.7 Å². The number of hydrogen-bond acceptors (Lipinski definition) is 4. The normalized spacial score (nSPS) is 17.3. The Morgan fingerprint density at radius 1 is 1.27 bits per heavy atom. The number of halogens is 1. The minimum absolute atomic E-state index is 0.0645. The molecule has 0 spiro atoms. The molecule has 1 fully saturated rings. The molecule has 1 aliphatic rings. The zero-order valence-electron chi connectivity index (χ0n) is 14.9. The van der Waals surface area contributed by atoms with E-state index in [0.717, 1.165) is 20.9 Å². The summed E-state index contributed by atoms with van der Waals surface area (Å²) in [6.45, 7) is 2.94. The summed E-state index contributed by atoms with van der Waals surface area (Å²) in [5.41, 5.74) is 1.69. The molecular formula is C18H23BrN4O3. The molecule has 2 aromatic rings. The number of carboxylic acids is 1. The van der Waals surface area contributed by atoms with Crippen molar-refractivity contribution in [1.29, 1.82) is 0 Å². The van der Waals surface area contributed by atoms with Gasteiger partial charge in [0, 0.05) is 67.4 Å². The summed E-state index contributed by atoms with van der Waals surface area (Å²) >= 11 is 3.46. The van der Waals surface area contributed by atoms with Crippen molar-refractivity contribution in [1.82, 2.24) is 19.7 Å². The van der Waals surface area contributed by atoms with Gasteiger partial charge in [0.1, 0.15) is 6.04 Å². The molecular weight excluding hydrogens is 400 g/mol. The summed E-state index contributed by atoms with van der Waals surface area (Å²) < 4.78 is 0.919. The third-order valence-electron chi connectivity index (χ3n) is 4.83. The number of piperazine rings is 1. The maximum absolute atomic E-state index is 12.0. The zero-order chi connectivity index (χ0) is 18.8. The fraction of sp³-hybridized carbons (Fsp3) is 0.444. The van der Waals surface area contributed by atoms with E-state index in [4.69, 9.17) is 0 Å². The van der Waals surface area contributed by atoms with Gasteiger partial charge in [0.2, 0.25) is 5.91 Å². The van der Waals surface area contributed by atoms with Gasteiger partial charge in [-0.3, -0.25) is 19.4 Å². The number of benzene rings is 1. The zero-order valence-corrected chi connectivity index (χ0v) is 16.5. The van der Waals surface area contributed by atoms with Gasteiger partial charge in [0.05, 0.1) is 6.54 Å². The largest absolute Gasteiger partial charge is 0.480 e. The molecule has 1 aromatic heterocycles. The summed E-state index contributed by atoms with van der Waals surface area (Å²) in [5, 5.41) is 10.8. The van der Waals surface area contributed by atoms with Crippen LogP contribution in [0.1, 0.15) is 11.6 Å². The quantitative estimate of drug-likeness (QED) is 0.767. The number of aliphatic carboxylic acids is 1. The van der Waals surface area contributed by atoms with Crippen LogP contribution in [0.2, 0.25) is 0 Å². The summed E-state index contributed by atoms with van der Waals surface area (Å²) in [4.78, 5) is 32.7. The molecule has 7 nitrogen and oxygen atoms in total. The van der Waals surface area contributed by atoms with Crippen LogP contribution in [0.5, 0.6) is 0 Å². The molecule has 1 aromatic carbocycles. The van der Waals surface area contributed by atoms with Gasteiger partial charge in [0.25, 0.3) is 0 Å². The van der Waals surface area contributed by atoms with Gasteiger partial charge in [-0.15, -0.1) is 0 Å². The van der Waals surface area contributed by atoms with Crippen molar-refractivity contribution in [3.8, 4) is 0 Å². The second-order valence-corrected chi connectivity index (χ2v) is 7.69. The molecule has 1 atom stereocenters. The minimum Gasteiger partial charge on any atom is -0.480 e. The summed E-state index contributed by atoms with van der Waals surface area (Å²) in [7, 11) is 3.49. The van der Waals surface area contributed by atoms with E-state index in [2.05, 4.69) is 25.8 Å². The predicted molar refractivity (Wildman–Crippen MR) is 103 cm³/mol. The number of aromatic amines is 1. The predicted octanol–water partition coefficient (Wildman–Crippen LogP) is 1.76. The Labute approximate surface area is 160 Å². The maximum atomic E-state index is 12.0. The molecule has 0 saturated carbocycles. The lowest BCUT2D eigenvalue weighted by atomic mass is 10.0. The van der Waals surface area contributed by atoms with Crippen LogP contribution in [-0.2, 0) is 9.59 Å². The number of H-pyrrole nitrogens is 1. The van der Waals surface area contributed by atoms with E-state index in [1.54, 1.807) is 25.2 Å². The minimum atomic E-state index is -0.858. The number of amides is 1. The molecule has 26 heavy (non-hydrogen) atoms. The Morgan fingerprint density at radius 3 is 2.58 bits per heavy atom. The monoisotopic (exact) mass is 422 g/mol. The molecule has 1 saturated heterocycles. The number of carbonyl (C=O) groups excluding carboxylic acids is 1. The molecule has 1 unspecified atom stereocenters. The van der Waals surface area contributed by atoms with E-state index < -0.39 is 12.0 Å². The van der Waals surface area contributed by atoms with Crippen LogP contribution in [0, 0.1) is 0 Å². The van der Waals surface area contributed by atoms with Crippen LogP contribution >= 0.6 is 15.9 Å². The van der Waals surface area contributed by atoms with Crippen molar-refractivity contribution >= 4 is 38.7 Å². The fourth-order valence-electron chi connectivity index (χ4n) is 3.34. The number of aromatic nitrogens is 1. The van der Waals surface area contributed by atoms with E-state index in [-0.39, 0.29) is 5.91 Å². The second kappa shape index (κ2) is 7.77. The van der Waals surface area contributed by atoms with Gasteiger partial charge in [-0.1, -0.05) is 15.9 Å². The summed E-state index contributed by atoms with van der Waals surface area (Å²) in [6, 6.07) is 5.11. The van der Waals surface area contributed by atoms with E-state index in [1.165, 1.54) is 0 Å². The van der Waals surface area contributed by atoms with E-state index >= 15 is 0 Å². The molecule has 2 heterocycles. The molecule has 140 valence electrons. The number of fused-ring (bicyclic) bond motifs is 1. The van der Waals surface area contributed by atoms with Gasteiger partial charge >= 0.3 is 5.97 Å². The first-order chi connectivity index (χ1) is 12.4. The molecule has 8 heteroatoms. The highest BCUT2D eigenvalue weighted by Gasteiger charge is 2.32. The van der Waals surface area contributed by atoms with Gasteiger partial charge in [-0.25, -0.2) is 0 Å². The number of nitrogens with zero attached hydrogens (tertiary/aromatic N) is 3. The van der Waals surface area contributed by atoms with Crippen molar-refractivity contribution in [3.05, 3.63) is 34.4 Å². The molecule has 2 N–H and O–H groups in total. The van der Waals surface area contributed by atoms with Crippen LogP contribution in [0.4, 0.5) is 0 Å².